The highest BCUT2D eigenvalue weighted by Gasteiger charge is 2.07. The van der Waals surface area contributed by atoms with Gasteiger partial charge in [0.05, 0.1) is 11.8 Å². The molecule has 0 aliphatic carbocycles. The molecular formula is C14H17N3OS. The molecule has 2 aromatic heterocycles. The number of hydrogen-bond donors (Lipinski definition) is 1. The summed E-state index contributed by atoms with van der Waals surface area (Å²) in [5.41, 5.74) is 2.62. The maximum Gasteiger partial charge on any atom is 0.192 e. The number of rotatable bonds is 4. The smallest absolute Gasteiger partial charge is 0.192 e. The zero-order valence-electron chi connectivity index (χ0n) is 11.3. The molecule has 4 nitrogen and oxygen atoms in total. The van der Waals surface area contributed by atoms with Crippen molar-refractivity contribution in [2.75, 3.05) is 0 Å². The SMILES string of the molecule is CC[C@@H](O)c1ccc(Sc2nc(C)cc(C)n2)cn1. The summed E-state index contributed by atoms with van der Waals surface area (Å²) in [7, 11) is 0. The highest BCUT2D eigenvalue weighted by Crippen LogP contribution is 2.25. The van der Waals surface area contributed by atoms with E-state index in [0.717, 1.165) is 21.4 Å². The van der Waals surface area contributed by atoms with Crippen LogP contribution in [-0.2, 0) is 0 Å². The van der Waals surface area contributed by atoms with Gasteiger partial charge in [-0.2, -0.15) is 0 Å². The fourth-order valence-electron chi connectivity index (χ4n) is 1.70. The average molecular weight is 275 g/mol. The Labute approximate surface area is 117 Å². The lowest BCUT2D eigenvalue weighted by Crippen LogP contribution is -1.98. The third-order valence-corrected chi connectivity index (χ3v) is 3.50. The Morgan fingerprint density at radius 2 is 1.89 bits per heavy atom. The molecule has 2 heterocycles. The summed E-state index contributed by atoms with van der Waals surface area (Å²) < 4.78 is 0. The van der Waals surface area contributed by atoms with E-state index in [-0.39, 0.29) is 0 Å². The molecule has 0 amide bonds. The fraction of sp³-hybridized carbons (Fsp3) is 0.357. The Hall–Kier alpha value is -1.46. The molecule has 0 radical (unpaired) electrons. The molecule has 1 N–H and O–H groups in total. The van der Waals surface area contributed by atoms with Crippen LogP contribution in [0.25, 0.3) is 0 Å². The minimum atomic E-state index is -0.489. The van der Waals surface area contributed by atoms with E-state index in [1.165, 1.54) is 11.8 Å². The van der Waals surface area contributed by atoms with Crippen molar-refractivity contribution in [3.63, 3.8) is 0 Å². The number of aryl methyl sites for hydroxylation is 2. The lowest BCUT2D eigenvalue weighted by molar-refractivity contribution is 0.169. The Bertz CT molecular complexity index is 537. The van der Waals surface area contributed by atoms with E-state index in [0.29, 0.717) is 12.1 Å². The zero-order chi connectivity index (χ0) is 13.8. The van der Waals surface area contributed by atoms with Crippen molar-refractivity contribution in [2.45, 2.75) is 43.3 Å². The molecule has 2 aromatic rings. The van der Waals surface area contributed by atoms with Crippen LogP contribution in [0.4, 0.5) is 0 Å². The summed E-state index contributed by atoms with van der Waals surface area (Å²) in [5.74, 6) is 0. The first-order valence-corrected chi connectivity index (χ1v) is 7.04. The van der Waals surface area contributed by atoms with Gasteiger partial charge in [-0.25, -0.2) is 9.97 Å². The Morgan fingerprint density at radius 3 is 2.42 bits per heavy atom. The number of aromatic nitrogens is 3. The third-order valence-electron chi connectivity index (χ3n) is 2.66. The van der Waals surface area contributed by atoms with E-state index in [4.69, 9.17) is 0 Å². The van der Waals surface area contributed by atoms with Crippen LogP contribution in [0.3, 0.4) is 0 Å². The topological polar surface area (TPSA) is 58.9 Å². The van der Waals surface area contributed by atoms with Gasteiger partial charge in [0.15, 0.2) is 5.16 Å². The standard InChI is InChI=1S/C14H17N3OS/c1-4-13(18)12-6-5-11(8-15-12)19-14-16-9(2)7-10(3)17-14/h5-8,13,18H,4H2,1-3H3/t13-/m1/s1. The van der Waals surface area contributed by atoms with Gasteiger partial charge in [0.1, 0.15) is 0 Å². The average Bonchev–Trinajstić information content (AvgIpc) is 2.37. The van der Waals surface area contributed by atoms with Crippen LogP contribution >= 0.6 is 11.8 Å². The minimum absolute atomic E-state index is 0.489. The second-order valence-corrected chi connectivity index (χ2v) is 5.42. The molecule has 19 heavy (non-hydrogen) atoms. The van der Waals surface area contributed by atoms with Crippen molar-refractivity contribution in [3.8, 4) is 0 Å². The molecule has 0 fully saturated rings. The van der Waals surface area contributed by atoms with E-state index >= 15 is 0 Å². The van der Waals surface area contributed by atoms with Crippen LogP contribution in [0.2, 0.25) is 0 Å². The van der Waals surface area contributed by atoms with Crippen molar-refractivity contribution < 1.29 is 5.11 Å². The maximum absolute atomic E-state index is 9.69. The van der Waals surface area contributed by atoms with Gasteiger partial charge in [0.2, 0.25) is 0 Å². The molecule has 5 heteroatoms. The van der Waals surface area contributed by atoms with Crippen molar-refractivity contribution in [1.82, 2.24) is 15.0 Å². The van der Waals surface area contributed by atoms with Crippen molar-refractivity contribution in [3.05, 3.63) is 41.5 Å². The van der Waals surface area contributed by atoms with Gasteiger partial charge in [0, 0.05) is 22.5 Å². The highest BCUT2D eigenvalue weighted by molar-refractivity contribution is 7.99. The first-order chi connectivity index (χ1) is 9.08. The van der Waals surface area contributed by atoms with Crippen LogP contribution in [0, 0.1) is 13.8 Å². The summed E-state index contributed by atoms with van der Waals surface area (Å²) in [6, 6.07) is 5.73. The van der Waals surface area contributed by atoms with E-state index < -0.39 is 6.10 Å². The van der Waals surface area contributed by atoms with E-state index in [1.807, 2.05) is 39.0 Å². The molecule has 0 unspecified atom stereocenters. The van der Waals surface area contributed by atoms with Crippen molar-refractivity contribution in [2.24, 2.45) is 0 Å². The normalized spacial score (nSPS) is 12.4. The van der Waals surface area contributed by atoms with Crippen LogP contribution in [-0.4, -0.2) is 20.1 Å². The van der Waals surface area contributed by atoms with Crippen molar-refractivity contribution in [1.29, 1.82) is 0 Å². The van der Waals surface area contributed by atoms with Gasteiger partial charge in [-0.3, -0.25) is 4.98 Å². The highest BCUT2D eigenvalue weighted by atomic mass is 32.2. The quantitative estimate of drug-likeness (QED) is 0.869. The Balaban J connectivity index is 2.15. The molecule has 2 rings (SSSR count). The van der Waals surface area contributed by atoms with Gasteiger partial charge in [-0.05, 0) is 50.2 Å². The Morgan fingerprint density at radius 1 is 1.21 bits per heavy atom. The molecule has 0 aliphatic heterocycles. The predicted octanol–water partition coefficient (Wildman–Crippen LogP) is 3.08. The largest absolute Gasteiger partial charge is 0.387 e. The molecule has 0 bridgehead atoms. The van der Waals surface area contributed by atoms with Crippen LogP contribution in [0.15, 0.2) is 34.4 Å². The van der Waals surface area contributed by atoms with Gasteiger partial charge in [0.25, 0.3) is 0 Å². The lowest BCUT2D eigenvalue weighted by atomic mass is 10.2. The maximum atomic E-state index is 9.69. The summed E-state index contributed by atoms with van der Waals surface area (Å²) in [4.78, 5) is 14.0. The first kappa shape index (κ1) is 14.0. The lowest BCUT2D eigenvalue weighted by Gasteiger charge is -2.07. The summed E-state index contributed by atoms with van der Waals surface area (Å²) >= 11 is 1.48. The van der Waals surface area contributed by atoms with Crippen LogP contribution in [0.1, 0.15) is 36.5 Å². The molecule has 0 spiro atoms. The fourth-order valence-corrected chi connectivity index (χ4v) is 2.53. The Kier molecular flexibility index (Phi) is 4.50. The summed E-state index contributed by atoms with van der Waals surface area (Å²) in [5, 5.41) is 10.4. The molecule has 100 valence electrons. The first-order valence-electron chi connectivity index (χ1n) is 6.22. The van der Waals surface area contributed by atoms with E-state index in [9.17, 15) is 5.11 Å². The summed E-state index contributed by atoms with van der Waals surface area (Å²) in [6.45, 7) is 5.84. The van der Waals surface area contributed by atoms with E-state index in [2.05, 4.69) is 15.0 Å². The monoisotopic (exact) mass is 275 g/mol. The molecule has 0 saturated heterocycles. The zero-order valence-corrected chi connectivity index (χ0v) is 12.1. The number of nitrogens with zero attached hydrogens (tertiary/aromatic N) is 3. The second-order valence-electron chi connectivity index (χ2n) is 4.38. The minimum Gasteiger partial charge on any atom is -0.387 e. The number of pyridine rings is 1. The van der Waals surface area contributed by atoms with Crippen LogP contribution < -0.4 is 0 Å². The molecule has 0 saturated carbocycles. The van der Waals surface area contributed by atoms with Gasteiger partial charge in [-0.15, -0.1) is 0 Å². The molecular weight excluding hydrogens is 258 g/mol. The van der Waals surface area contributed by atoms with E-state index in [1.54, 1.807) is 6.20 Å². The van der Waals surface area contributed by atoms with Crippen LogP contribution in [0.5, 0.6) is 0 Å². The molecule has 0 aliphatic rings. The predicted molar refractivity (Wildman–Crippen MR) is 75.1 cm³/mol. The molecule has 1 atom stereocenters. The summed E-state index contributed by atoms with van der Waals surface area (Å²) in [6.07, 6.45) is 1.93. The van der Waals surface area contributed by atoms with Gasteiger partial charge < -0.3 is 5.11 Å². The molecule has 0 aromatic carbocycles. The number of hydrogen-bond acceptors (Lipinski definition) is 5. The van der Waals surface area contributed by atoms with Gasteiger partial charge in [-0.1, -0.05) is 6.92 Å². The number of aliphatic hydroxyl groups is 1. The number of aliphatic hydroxyl groups excluding tert-OH is 1. The van der Waals surface area contributed by atoms with Crippen molar-refractivity contribution >= 4 is 11.8 Å². The van der Waals surface area contributed by atoms with Gasteiger partial charge >= 0.3 is 0 Å². The third kappa shape index (κ3) is 3.75. The second kappa shape index (κ2) is 6.12.